The molecule has 1 aliphatic heterocycles. The molecule has 2 fully saturated rings. The second-order valence-electron chi connectivity index (χ2n) is 6.37. The number of hydrogen-bond acceptors (Lipinski definition) is 5. The van der Waals surface area contributed by atoms with E-state index in [0.29, 0.717) is 24.1 Å². The summed E-state index contributed by atoms with van der Waals surface area (Å²) in [5.41, 5.74) is -0.400. The maximum Gasteiger partial charge on any atom is 0.223 e. The van der Waals surface area contributed by atoms with E-state index in [1.807, 2.05) is 0 Å². The van der Waals surface area contributed by atoms with Gasteiger partial charge in [0.1, 0.15) is 5.54 Å². The van der Waals surface area contributed by atoms with E-state index < -0.39 is 5.54 Å². The van der Waals surface area contributed by atoms with E-state index >= 15 is 0 Å². The van der Waals surface area contributed by atoms with Gasteiger partial charge in [0.15, 0.2) is 5.82 Å². The third kappa shape index (κ3) is 3.79. The predicted octanol–water partition coefficient (Wildman–Crippen LogP) is 2.08. The molecule has 0 radical (unpaired) electrons. The predicted molar refractivity (Wildman–Crippen MR) is 84.8 cm³/mol. The van der Waals surface area contributed by atoms with Crippen LogP contribution >= 0.6 is 12.4 Å². The zero-order valence-corrected chi connectivity index (χ0v) is 13.9. The van der Waals surface area contributed by atoms with E-state index in [0.717, 1.165) is 45.2 Å². The minimum Gasteiger partial charge on any atom is -0.343 e. The molecule has 6 nitrogen and oxygen atoms in total. The van der Waals surface area contributed by atoms with Crippen LogP contribution in [0.1, 0.15) is 56.7 Å². The van der Waals surface area contributed by atoms with Gasteiger partial charge in [-0.25, -0.2) is 0 Å². The van der Waals surface area contributed by atoms with Gasteiger partial charge in [-0.05, 0) is 44.7 Å². The van der Waals surface area contributed by atoms with Crippen molar-refractivity contribution in [3.63, 3.8) is 0 Å². The highest BCUT2D eigenvalue weighted by molar-refractivity contribution is 5.85. The molecule has 1 amide bonds. The Labute approximate surface area is 137 Å². The fourth-order valence-electron chi connectivity index (χ4n) is 3.50. The first-order valence-electron chi connectivity index (χ1n) is 8.00. The zero-order valence-electron chi connectivity index (χ0n) is 13.1. The van der Waals surface area contributed by atoms with E-state index in [9.17, 15) is 4.79 Å². The van der Waals surface area contributed by atoms with Crippen LogP contribution in [-0.2, 0) is 10.3 Å². The molecular formula is C15H25ClN4O2. The van der Waals surface area contributed by atoms with Gasteiger partial charge in [-0.15, -0.1) is 12.4 Å². The van der Waals surface area contributed by atoms with Crippen LogP contribution in [0.25, 0.3) is 0 Å². The number of nitrogens with one attached hydrogen (secondary N) is 2. The van der Waals surface area contributed by atoms with Crippen LogP contribution in [0.15, 0.2) is 4.52 Å². The van der Waals surface area contributed by atoms with Gasteiger partial charge in [-0.3, -0.25) is 4.79 Å². The molecule has 1 atom stereocenters. The maximum atomic E-state index is 12.3. The normalized spacial score (nSPS) is 23.2. The van der Waals surface area contributed by atoms with Crippen LogP contribution < -0.4 is 10.6 Å². The Kier molecular flexibility index (Phi) is 5.81. The van der Waals surface area contributed by atoms with E-state index in [1.165, 1.54) is 6.42 Å². The molecule has 2 N–H and O–H groups in total. The van der Waals surface area contributed by atoms with Crippen molar-refractivity contribution in [2.75, 3.05) is 13.1 Å². The summed E-state index contributed by atoms with van der Waals surface area (Å²) < 4.78 is 5.10. The van der Waals surface area contributed by atoms with Crippen LogP contribution in [0.4, 0.5) is 0 Å². The third-order valence-electron chi connectivity index (χ3n) is 4.73. The molecule has 0 aromatic carbocycles. The Morgan fingerprint density at radius 2 is 2.23 bits per heavy atom. The van der Waals surface area contributed by atoms with Gasteiger partial charge in [0.25, 0.3) is 0 Å². The lowest BCUT2D eigenvalue weighted by atomic mass is 9.95. The highest BCUT2D eigenvalue weighted by Gasteiger charge is 2.41. The number of amides is 1. The monoisotopic (exact) mass is 328 g/mol. The van der Waals surface area contributed by atoms with Crippen molar-refractivity contribution in [3.8, 4) is 0 Å². The molecule has 2 heterocycles. The van der Waals surface area contributed by atoms with Crippen molar-refractivity contribution in [1.29, 1.82) is 0 Å². The number of rotatable bonds is 5. The fourth-order valence-corrected chi connectivity index (χ4v) is 3.50. The molecule has 0 spiro atoms. The molecule has 2 aliphatic rings. The largest absolute Gasteiger partial charge is 0.343 e. The average Bonchev–Trinajstić information content (AvgIpc) is 3.17. The number of nitrogens with zero attached hydrogens (tertiary/aromatic N) is 2. The standard InChI is InChI=1S/C15H24N4O2.ClH/c1-11-17-14(19-21-11)15(7-2-3-8-15)18-13(20)5-4-12-6-9-16-10-12;/h12,16H,2-10H2,1H3,(H,18,20);1H. The lowest BCUT2D eigenvalue weighted by Gasteiger charge is -2.27. The van der Waals surface area contributed by atoms with Crippen LogP contribution in [-0.4, -0.2) is 29.1 Å². The van der Waals surface area contributed by atoms with Gasteiger partial charge in [0, 0.05) is 13.3 Å². The number of carbonyl (C=O) groups is 1. The topological polar surface area (TPSA) is 80.0 Å². The molecule has 1 aliphatic carbocycles. The van der Waals surface area contributed by atoms with Crippen LogP contribution in [0.3, 0.4) is 0 Å². The van der Waals surface area contributed by atoms with Gasteiger partial charge in [0.05, 0.1) is 0 Å². The highest BCUT2D eigenvalue weighted by atomic mass is 35.5. The Hall–Kier alpha value is -1.14. The summed E-state index contributed by atoms with van der Waals surface area (Å²) in [6.07, 6.45) is 6.74. The van der Waals surface area contributed by atoms with Crippen LogP contribution in [0.5, 0.6) is 0 Å². The summed E-state index contributed by atoms with van der Waals surface area (Å²) in [6.45, 7) is 3.91. The van der Waals surface area contributed by atoms with E-state index in [1.54, 1.807) is 6.92 Å². The van der Waals surface area contributed by atoms with Crippen LogP contribution in [0.2, 0.25) is 0 Å². The summed E-state index contributed by atoms with van der Waals surface area (Å²) in [5.74, 6) is 1.96. The summed E-state index contributed by atoms with van der Waals surface area (Å²) in [4.78, 5) is 16.7. The van der Waals surface area contributed by atoms with E-state index in [-0.39, 0.29) is 18.3 Å². The molecule has 1 unspecified atom stereocenters. The maximum absolute atomic E-state index is 12.3. The summed E-state index contributed by atoms with van der Waals surface area (Å²) >= 11 is 0. The Balaban J connectivity index is 0.00000176. The molecule has 1 saturated carbocycles. The fraction of sp³-hybridized carbons (Fsp3) is 0.800. The number of aromatic nitrogens is 2. The number of aryl methyl sites for hydroxylation is 1. The minimum absolute atomic E-state index is 0. The summed E-state index contributed by atoms with van der Waals surface area (Å²) in [6, 6.07) is 0. The molecule has 22 heavy (non-hydrogen) atoms. The van der Waals surface area contributed by atoms with Crippen molar-refractivity contribution >= 4 is 18.3 Å². The van der Waals surface area contributed by atoms with Crippen molar-refractivity contribution in [2.24, 2.45) is 5.92 Å². The third-order valence-corrected chi connectivity index (χ3v) is 4.73. The van der Waals surface area contributed by atoms with Gasteiger partial charge >= 0.3 is 0 Å². The smallest absolute Gasteiger partial charge is 0.223 e. The van der Waals surface area contributed by atoms with Gasteiger partial charge in [0.2, 0.25) is 11.8 Å². The van der Waals surface area contributed by atoms with Gasteiger partial charge < -0.3 is 15.2 Å². The van der Waals surface area contributed by atoms with Crippen molar-refractivity contribution < 1.29 is 9.32 Å². The second-order valence-corrected chi connectivity index (χ2v) is 6.37. The summed E-state index contributed by atoms with van der Waals surface area (Å²) in [5, 5.41) is 10.6. The first-order chi connectivity index (χ1) is 10.2. The lowest BCUT2D eigenvalue weighted by Crippen LogP contribution is -2.44. The van der Waals surface area contributed by atoms with Crippen molar-refractivity contribution in [2.45, 2.75) is 57.4 Å². The molecule has 124 valence electrons. The molecule has 1 aromatic heterocycles. The molecule has 3 rings (SSSR count). The van der Waals surface area contributed by atoms with Crippen LogP contribution in [0, 0.1) is 12.8 Å². The molecule has 1 aromatic rings. The van der Waals surface area contributed by atoms with Gasteiger partial charge in [-0.1, -0.05) is 18.0 Å². The number of halogens is 1. The summed E-state index contributed by atoms with van der Waals surface area (Å²) in [7, 11) is 0. The first-order valence-corrected chi connectivity index (χ1v) is 8.00. The number of hydrogen-bond donors (Lipinski definition) is 2. The molecule has 7 heteroatoms. The quantitative estimate of drug-likeness (QED) is 0.865. The second kappa shape index (κ2) is 7.42. The Morgan fingerprint density at radius 3 is 2.82 bits per heavy atom. The van der Waals surface area contributed by atoms with Gasteiger partial charge in [-0.2, -0.15) is 4.98 Å². The lowest BCUT2D eigenvalue weighted by molar-refractivity contribution is -0.123. The van der Waals surface area contributed by atoms with Crippen molar-refractivity contribution in [3.05, 3.63) is 11.7 Å². The molecule has 1 saturated heterocycles. The average molecular weight is 329 g/mol. The Morgan fingerprint density at radius 1 is 1.45 bits per heavy atom. The minimum atomic E-state index is -0.400. The van der Waals surface area contributed by atoms with E-state index in [4.69, 9.17) is 4.52 Å². The highest BCUT2D eigenvalue weighted by Crippen LogP contribution is 2.37. The van der Waals surface area contributed by atoms with E-state index in [2.05, 4.69) is 20.8 Å². The SMILES string of the molecule is Cc1nc(C2(NC(=O)CCC3CCNC3)CCCC2)no1.Cl. The first kappa shape index (κ1) is 17.2. The molecular weight excluding hydrogens is 304 g/mol. The number of carbonyl (C=O) groups excluding carboxylic acids is 1. The Bertz CT molecular complexity index is 493. The van der Waals surface area contributed by atoms with Crippen molar-refractivity contribution in [1.82, 2.24) is 20.8 Å². The molecule has 0 bridgehead atoms. The zero-order chi connectivity index (χ0) is 14.7.